The highest BCUT2D eigenvalue weighted by molar-refractivity contribution is 5.92. The first kappa shape index (κ1) is 12.4. The molecule has 0 radical (unpaired) electrons. The van der Waals surface area contributed by atoms with Crippen LogP contribution in [0.3, 0.4) is 0 Å². The van der Waals surface area contributed by atoms with Crippen molar-refractivity contribution in [1.29, 1.82) is 0 Å². The van der Waals surface area contributed by atoms with E-state index in [1.807, 2.05) is 0 Å². The molecule has 0 amide bonds. The van der Waals surface area contributed by atoms with Crippen LogP contribution in [0.15, 0.2) is 24.3 Å². The van der Waals surface area contributed by atoms with Crippen LogP contribution < -0.4 is 4.74 Å². The minimum Gasteiger partial charge on any atom is -0.496 e. The summed E-state index contributed by atoms with van der Waals surface area (Å²) in [7, 11) is 1.32. The van der Waals surface area contributed by atoms with Crippen molar-refractivity contribution in [3.63, 3.8) is 0 Å². The maximum atomic E-state index is 11.8. The first-order valence-electron chi connectivity index (χ1n) is 4.31. The molecule has 0 aliphatic heterocycles. The Labute approximate surface area is 89.8 Å². The van der Waals surface area contributed by atoms with E-state index in [0.717, 1.165) is 0 Å². The molecule has 0 bridgehead atoms. The number of alkyl halides is 3. The van der Waals surface area contributed by atoms with Gasteiger partial charge in [0.15, 0.2) is 6.61 Å². The molecule has 0 saturated carbocycles. The second-order valence-electron chi connectivity index (χ2n) is 2.89. The summed E-state index contributed by atoms with van der Waals surface area (Å²) in [5, 5.41) is 0. The van der Waals surface area contributed by atoms with Gasteiger partial charge in [-0.15, -0.1) is 0 Å². The van der Waals surface area contributed by atoms with Crippen molar-refractivity contribution in [2.24, 2.45) is 0 Å². The Balaban J connectivity index is 2.73. The molecule has 3 nitrogen and oxygen atoms in total. The molecule has 16 heavy (non-hydrogen) atoms. The topological polar surface area (TPSA) is 35.5 Å². The Kier molecular flexibility index (Phi) is 3.76. The largest absolute Gasteiger partial charge is 0.496 e. The van der Waals surface area contributed by atoms with Crippen LogP contribution in [0.5, 0.6) is 5.75 Å². The van der Waals surface area contributed by atoms with E-state index in [4.69, 9.17) is 4.74 Å². The van der Waals surface area contributed by atoms with Crippen molar-refractivity contribution in [1.82, 2.24) is 0 Å². The monoisotopic (exact) mass is 234 g/mol. The lowest BCUT2D eigenvalue weighted by Gasteiger charge is -2.09. The van der Waals surface area contributed by atoms with Gasteiger partial charge >= 0.3 is 12.1 Å². The highest BCUT2D eigenvalue weighted by Gasteiger charge is 2.30. The maximum absolute atomic E-state index is 11.8. The first-order chi connectivity index (χ1) is 7.44. The van der Waals surface area contributed by atoms with Crippen LogP contribution in [0.1, 0.15) is 10.4 Å². The van der Waals surface area contributed by atoms with E-state index >= 15 is 0 Å². The molecule has 1 aromatic carbocycles. The molecule has 0 heterocycles. The standard InChI is InChI=1S/C10H9F3O3/c1-15-8-5-3-2-4-7(8)9(14)16-6-10(11,12)13/h2-5H,6H2,1H3. The molecular formula is C10H9F3O3. The second-order valence-corrected chi connectivity index (χ2v) is 2.89. The van der Waals surface area contributed by atoms with E-state index in [0.29, 0.717) is 0 Å². The Morgan fingerprint density at radius 3 is 2.50 bits per heavy atom. The van der Waals surface area contributed by atoms with Crippen molar-refractivity contribution in [3.05, 3.63) is 29.8 Å². The number of para-hydroxylation sites is 1. The fourth-order valence-corrected chi connectivity index (χ4v) is 1.04. The van der Waals surface area contributed by atoms with E-state index in [-0.39, 0.29) is 11.3 Å². The summed E-state index contributed by atoms with van der Waals surface area (Å²) in [4.78, 5) is 11.3. The Bertz CT molecular complexity index is 374. The molecule has 0 spiro atoms. The molecule has 0 N–H and O–H groups in total. The van der Waals surface area contributed by atoms with Gasteiger partial charge in [0.25, 0.3) is 0 Å². The van der Waals surface area contributed by atoms with E-state index in [1.165, 1.54) is 25.3 Å². The quantitative estimate of drug-likeness (QED) is 0.753. The van der Waals surface area contributed by atoms with Gasteiger partial charge in [-0.3, -0.25) is 0 Å². The highest BCUT2D eigenvalue weighted by Crippen LogP contribution is 2.20. The minimum atomic E-state index is -4.53. The zero-order valence-electron chi connectivity index (χ0n) is 8.38. The number of carbonyl (C=O) groups excluding carboxylic acids is 1. The fourth-order valence-electron chi connectivity index (χ4n) is 1.04. The van der Waals surface area contributed by atoms with Crippen molar-refractivity contribution in [2.45, 2.75) is 6.18 Å². The molecule has 0 aliphatic carbocycles. The molecular weight excluding hydrogens is 225 g/mol. The second kappa shape index (κ2) is 4.87. The zero-order valence-corrected chi connectivity index (χ0v) is 8.38. The van der Waals surface area contributed by atoms with Gasteiger partial charge < -0.3 is 9.47 Å². The number of hydrogen-bond donors (Lipinski definition) is 0. The lowest BCUT2D eigenvalue weighted by atomic mass is 10.2. The van der Waals surface area contributed by atoms with Crippen LogP contribution >= 0.6 is 0 Å². The summed E-state index contributed by atoms with van der Waals surface area (Å²) in [5.74, 6) is -0.885. The molecule has 88 valence electrons. The average Bonchev–Trinajstić information content (AvgIpc) is 2.25. The minimum absolute atomic E-state index is 0.0331. The summed E-state index contributed by atoms with van der Waals surface area (Å²) in [6.07, 6.45) is -4.53. The lowest BCUT2D eigenvalue weighted by Crippen LogP contribution is -2.20. The number of halogens is 3. The van der Waals surface area contributed by atoms with Crippen LogP contribution in [0.2, 0.25) is 0 Å². The van der Waals surface area contributed by atoms with E-state index in [1.54, 1.807) is 6.07 Å². The summed E-state index contributed by atoms with van der Waals surface area (Å²) in [6, 6.07) is 5.90. The van der Waals surface area contributed by atoms with Gasteiger partial charge in [-0.2, -0.15) is 13.2 Å². The summed E-state index contributed by atoms with van der Waals surface area (Å²) >= 11 is 0. The zero-order chi connectivity index (χ0) is 12.2. The molecule has 0 saturated heterocycles. The van der Waals surface area contributed by atoms with Crippen LogP contribution in [0.4, 0.5) is 13.2 Å². The van der Waals surface area contributed by atoms with Gasteiger partial charge in [0.05, 0.1) is 7.11 Å². The predicted molar refractivity (Wildman–Crippen MR) is 49.3 cm³/mol. The third-order valence-corrected chi connectivity index (χ3v) is 1.69. The molecule has 0 aliphatic rings. The molecule has 0 aromatic heterocycles. The van der Waals surface area contributed by atoms with Gasteiger partial charge in [0.2, 0.25) is 0 Å². The number of rotatable bonds is 3. The number of carbonyl (C=O) groups is 1. The van der Waals surface area contributed by atoms with Gasteiger partial charge in [0, 0.05) is 0 Å². The SMILES string of the molecule is COc1ccccc1C(=O)OCC(F)(F)F. The molecule has 0 atom stereocenters. The third kappa shape index (κ3) is 3.45. The fraction of sp³-hybridized carbons (Fsp3) is 0.300. The summed E-state index contributed by atoms with van der Waals surface area (Å²) in [5.41, 5.74) is -0.0331. The third-order valence-electron chi connectivity index (χ3n) is 1.69. The van der Waals surface area contributed by atoms with E-state index in [9.17, 15) is 18.0 Å². The van der Waals surface area contributed by atoms with Crippen molar-refractivity contribution < 1.29 is 27.4 Å². The Morgan fingerprint density at radius 2 is 1.94 bits per heavy atom. The number of benzene rings is 1. The molecule has 0 fully saturated rings. The molecule has 1 rings (SSSR count). The molecule has 0 unspecified atom stereocenters. The van der Waals surface area contributed by atoms with Crippen molar-refractivity contribution >= 4 is 5.97 Å². The normalized spacial score (nSPS) is 11.0. The first-order valence-corrected chi connectivity index (χ1v) is 4.31. The van der Waals surface area contributed by atoms with Gasteiger partial charge in [0.1, 0.15) is 11.3 Å². The Hall–Kier alpha value is -1.72. The highest BCUT2D eigenvalue weighted by atomic mass is 19.4. The predicted octanol–water partition coefficient (Wildman–Crippen LogP) is 2.41. The van der Waals surface area contributed by atoms with Crippen LogP contribution in [-0.4, -0.2) is 25.9 Å². The molecule has 1 aromatic rings. The van der Waals surface area contributed by atoms with Crippen LogP contribution in [0.25, 0.3) is 0 Å². The smallest absolute Gasteiger partial charge is 0.422 e. The number of ether oxygens (including phenoxy) is 2. The van der Waals surface area contributed by atoms with Gasteiger partial charge in [-0.05, 0) is 12.1 Å². The van der Waals surface area contributed by atoms with Crippen LogP contribution in [-0.2, 0) is 4.74 Å². The van der Waals surface area contributed by atoms with Crippen molar-refractivity contribution in [2.75, 3.05) is 13.7 Å². The summed E-state index contributed by atoms with van der Waals surface area (Å²) < 4.78 is 44.3. The van der Waals surface area contributed by atoms with E-state index in [2.05, 4.69) is 4.74 Å². The van der Waals surface area contributed by atoms with Crippen LogP contribution in [0, 0.1) is 0 Å². The van der Waals surface area contributed by atoms with Gasteiger partial charge in [-0.1, -0.05) is 12.1 Å². The van der Waals surface area contributed by atoms with Crippen molar-refractivity contribution in [3.8, 4) is 5.75 Å². The average molecular weight is 234 g/mol. The number of hydrogen-bond acceptors (Lipinski definition) is 3. The number of esters is 1. The Morgan fingerprint density at radius 1 is 1.31 bits per heavy atom. The van der Waals surface area contributed by atoms with Gasteiger partial charge in [-0.25, -0.2) is 4.79 Å². The van der Waals surface area contributed by atoms with E-state index < -0.39 is 18.8 Å². The maximum Gasteiger partial charge on any atom is 0.422 e. The number of methoxy groups -OCH3 is 1. The molecule has 6 heteroatoms. The summed E-state index contributed by atoms with van der Waals surface area (Å²) in [6.45, 7) is -1.61. The lowest BCUT2D eigenvalue weighted by molar-refractivity contribution is -0.161.